The number of sulfonamides is 1. The molecule has 0 aliphatic rings. The number of hydrazine groups is 1. The third-order valence-corrected chi connectivity index (χ3v) is 3.31. The van der Waals surface area contributed by atoms with Gasteiger partial charge in [-0.3, -0.25) is 0 Å². The lowest BCUT2D eigenvalue weighted by atomic mass is 10.3. The van der Waals surface area contributed by atoms with Crippen LogP contribution in [0.4, 0.5) is 0 Å². The maximum atomic E-state index is 11.7. The van der Waals surface area contributed by atoms with Gasteiger partial charge in [0.1, 0.15) is 6.34 Å². The molecule has 0 heterocycles. The Balaban J connectivity index is 2.48. The molecule has 17 heavy (non-hydrogen) atoms. The Morgan fingerprint density at radius 1 is 1.29 bits per heavy atom. The van der Waals surface area contributed by atoms with E-state index in [-0.39, 0.29) is 4.90 Å². The number of rotatable bonds is 7. The number of nitrogens with one attached hydrogen (secondary N) is 2. The van der Waals surface area contributed by atoms with Crippen molar-refractivity contribution in [3.05, 3.63) is 30.3 Å². The molecule has 2 N–H and O–H groups in total. The summed E-state index contributed by atoms with van der Waals surface area (Å²) in [6, 6.07) is 8.10. The maximum absolute atomic E-state index is 11.7. The van der Waals surface area contributed by atoms with Crippen molar-refractivity contribution in [1.29, 1.82) is 0 Å². The fourth-order valence-corrected chi connectivity index (χ4v) is 1.95. The van der Waals surface area contributed by atoms with Crippen molar-refractivity contribution in [3.63, 3.8) is 0 Å². The standard InChI is InChI=1S/C11H17N3O2S/c1-2-3-9-12-13-10-14-17(15,16)11-7-5-4-6-8-11/h4-8,10,12H,2-3,9H2,1H3,(H,13,14). The second-order valence-electron chi connectivity index (χ2n) is 3.45. The number of nitrogens with zero attached hydrogens (tertiary/aromatic N) is 1. The normalized spacial score (nSPS) is 11.8. The molecule has 0 unspecified atom stereocenters. The highest BCUT2D eigenvalue weighted by Crippen LogP contribution is 2.09. The molecule has 6 heteroatoms. The first kappa shape index (κ1) is 13.7. The molecule has 1 rings (SSSR count). The van der Waals surface area contributed by atoms with Gasteiger partial charge in [-0.1, -0.05) is 31.5 Å². The molecule has 0 amide bonds. The fraction of sp³-hybridized carbons (Fsp3) is 0.364. The molecule has 0 fully saturated rings. The van der Waals surface area contributed by atoms with Crippen molar-refractivity contribution in [1.82, 2.24) is 10.9 Å². The van der Waals surface area contributed by atoms with E-state index in [0.717, 1.165) is 25.7 Å². The molecule has 0 aromatic heterocycles. The largest absolute Gasteiger partial charge is 0.311 e. The van der Waals surface area contributed by atoms with E-state index >= 15 is 0 Å². The highest BCUT2D eigenvalue weighted by Gasteiger charge is 2.09. The average Bonchev–Trinajstić information content (AvgIpc) is 2.35. The second kappa shape index (κ2) is 7.03. The topological polar surface area (TPSA) is 70.6 Å². The van der Waals surface area contributed by atoms with E-state index in [4.69, 9.17) is 0 Å². The Bertz CT molecular complexity index is 443. The molecular weight excluding hydrogens is 238 g/mol. The number of benzene rings is 1. The van der Waals surface area contributed by atoms with Gasteiger partial charge in [0.15, 0.2) is 0 Å². The van der Waals surface area contributed by atoms with E-state index in [0.29, 0.717) is 0 Å². The highest BCUT2D eigenvalue weighted by atomic mass is 32.2. The first-order valence-electron chi connectivity index (χ1n) is 5.49. The van der Waals surface area contributed by atoms with Crippen LogP contribution >= 0.6 is 0 Å². The van der Waals surface area contributed by atoms with Crippen LogP contribution in [0.1, 0.15) is 19.8 Å². The van der Waals surface area contributed by atoms with Gasteiger partial charge in [0.25, 0.3) is 10.0 Å². The van der Waals surface area contributed by atoms with Crippen LogP contribution in [0.25, 0.3) is 0 Å². The van der Waals surface area contributed by atoms with E-state index in [9.17, 15) is 8.42 Å². The zero-order valence-corrected chi connectivity index (χ0v) is 10.6. The number of hydrogen-bond acceptors (Lipinski definition) is 3. The van der Waals surface area contributed by atoms with Gasteiger partial charge < -0.3 is 5.43 Å². The van der Waals surface area contributed by atoms with Gasteiger partial charge in [0.05, 0.1) is 4.90 Å². The van der Waals surface area contributed by atoms with Crippen molar-refractivity contribution < 1.29 is 8.42 Å². The third kappa shape index (κ3) is 4.97. The molecule has 94 valence electrons. The lowest BCUT2D eigenvalue weighted by Gasteiger charge is -2.01. The lowest BCUT2D eigenvalue weighted by molar-refractivity contribution is 0.596. The SMILES string of the molecule is CCCCNN/C=N/S(=O)(=O)c1ccccc1. The predicted octanol–water partition coefficient (Wildman–Crippen LogP) is 1.30. The van der Waals surface area contributed by atoms with E-state index in [1.54, 1.807) is 18.2 Å². The van der Waals surface area contributed by atoms with Crippen molar-refractivity contribution >= 4 is 16.4 Å². The van der Waals surface area contributed by atoms with Gasteiger partial charge in [-0.15, -0.1) is 4.40 Å². The molecule has 0 radical (unpaired) electrons. The quantitative estimate of drug-likeness (QED) is 0.333. The summed E-state index contributed by atoms with van der Waals surface area (Å²) in [5.74, 6) is 0. The maximum Gasteiger partial charge on any atom is 0.283 e. The summed E-state index contributed by atoms with van der Waals surface area (Å²) in [6.07, 6.45) is 3.25. The molecule has 0 saturated carbocycles. The minimum atomic E-state index is -3.59. The summed E-state index contributed by atoms with van der Waals surface area (Å²) >= 11 is 0. The van der Waals surface area contributed by atoms with Gasteiger partial charge in [-0.05, 0) is 18.6 Å². The molecule has 1 aromatic rings. The zero-order chi connectivity index (χ0) is 12.6. The minimum absolute atomic E-state index is 0.187. The van der Waals surface area contributed by atoms with Crippen molar-refractivity contribution in [2.75, 3.05) is 6.54 Å². The molecular formula is C11H17N3O2S. The Morgan fingerprint density at radius 2 is 2.00 bits per heavy atom. The number of unbranched alkanes of at least 4 members (excludes halogenated alkanes) is 1. The van der Waals surface area contributed by atoms with Crippen LogP contribution in [0.5, 0.6) is 0 Å². The van der Waals surface area contributed by atoms with Crippen molar-refractivity contribution in [2.45, 2.75) is 24.7 Å². The van der Waals surface area contributed by atoms with Crippen LogP contribution in [0.3, 0.4) is 0 Å². The monoisotopic (exact) mass is 255 g/mol. The van der Waals surface area contributed by atoms with E-state index in [1.165, 1.54) is 12.1 Å². The van der Waals surface area contributed by atoms with E-state index in [2.05, 4.69) is 22.2 Å². The summed E-state index contributed by atoms with van der Waals surface area (Å²) in [5.41, 5.74) is 5.47. The summed E-state index contributed by atoms with van der Waals surface area (Å²) in [4.78, 5) is 0.187. The third-order valence-electron chi connectivity index (χ3n) is 2.05. The van der Waals surface area contributed by atoms with Crippen molar-refractivity contribution in [2.24, 2.45) is 4.40 Å². The Morgan fingerprint density at radius 3 is 2.65 bits per heavy atom. The second-order valence-corrected chi connectivity index (χ2v) is 5.08. The Hall–Kier alpha value is -1.40. The van der Waals surface area contributed by atoms with Crippen LogP contribution in [0.2, 0.25) is 0 Å². The number of hydrogen-bond donors (Lipinski definition) is 2. The molecule has 0 bridgehead atoms. The minimum Gasteiger partial charge on any atom is -0.311 e. The van der Waals surface area contributed by atoms with Gasteiger partial charge in [-0.25, -0.2) is 5.43 Å². The van der Waals surface area contributed by atoms with E-state index in [1.807, 2.05) is 0 Å². The Labute approximate surface area is 102 Å². The smallest absolute Gasteiger partial charge is 0.283 e. The Kier molecular flexibility index (Phi) is 5.65. The highest BCUT2D eigenvalue weighted by molar-refractivity contribution is 7.90. The molecule has 0 aliphatic carbocycles. The summed E-state index contributed by atoms with van der Waals surface area (Å²) in [7, 11) is -3.59. The summed E-state index contributed by atoms with van der Waals surface area (Å²) in [5, 5.41) is 0. The van der Waals surface area contributed by atoms with Crippen LogP contribution in [-0.2, 0) is 10.0 Å². The molecule has 5 nitrogen and oxygen atoms in total. The van der Waals surface area contributed by atoms with Crippen LogP contribution < -0.4 is 10.9 Å². The van der Waals surface area contributed by atoms with Crippen LogP contribution in [0, 0.1) is 0 Å². The van der Waals surface area contributed by atoms with Gasteiger partial charge in [-0.2, -0.15) is 8.42 Å². The fourth-order valence-electron chi connectivity index (χ4n) is 1.13. The van der Waals surface area contributed by atoms with Gasteiger partial charge in [0, 0.05) is 6.54 Å². The lowest BCUT2D eigenvalue weighted by Crippen LogP contribution is -2.31. The molecule has 0 aliphatic heterocycles. The zero-order valence-electron chi connectivity index (χ0n) is 9.76. The van der Waals surface area contributed by atoms with Crippen molar-refractivity contribution in [3.8, 4) is 0 Å². The predicted molar refractivity (Wildman–Crippen MR) is 68.2 cm³/mol. The summed E-state index contributed by atoms with van der Waals surface area (Å²) in [6.45, 7) is 2.85. The molecule has 0 spiro atoms. The average molecular weight is 255 g/mol. The summed E-state index contributed by atoms with van der Waals surface area (Å²) < 4.78 is 26.8. The van der Waals surface area contributed by atoms with Gasteiger partial charge >= 0.3 is 0 Å². The van der Waals surface area contributed by atoms with Crippen LogP contribution in [-0.4, -0.2) is 21.3 Å². The molecule has 1 aromatic carbocycles. The van der Waals surface area contributed by atoms with Crippen LogP contribution in [0.15, 0.2) is 39.6 Å². The van der Waals surface area contributed by atoms with E-state index < -0.39 is 10.0 Å². The first-order valence-corrected chi connectivity index (χ1v) is 6.93. The molecule has 0 atom stereocenters. The molecule has 0 saturated heterocycles. The van der Waals surface area contributed by atoms with Gasteiger partial charge in [0.2, 0.25) is 0 Å². The first-order chi connectivity index (χ1) is 8.17.